The van der Waals surface area contributed by atoms with Crippen molar-refractivity contribution in [2.24, 2.45) is 5.92 Å². The summed E-state index contributed by atoms with van der Waals surface area (Å²) in [5.74, 6) is 0.606. The maximum absolute atomic E-state index is 8.56. The van der Waals surface area contributed by atoms with Crippen LogP contribution in [-0.2, 0) is 4.74 Å². The van der Waals surface area contributed by atoms with Crippen molar-refractivity contribution < 1.29 is 9.84 Å². The van der Waals surface area contributed by atoms with Crippen LogP contribution in [0.15, 0.2) is 0 Å². The standard InChI is InChI=1S/C7H15NO2/c1-6-4-8-7(2-3-9)10-5-6/h6-9H,2-5H2,1H3. The molecule has 0 saturated carbocycles. The first-order valence-corrected chi connectivity index (χ1v) is 3.78. The average Bonchev–Trinajstić information content (AvgIpc) is 1.95. The van der Waals surface area contributed by atoms with Crippen LogP contribution >= 0.6 is 0 Å². The summed E-state index contributed by atoms with van der Waals surface area (Å²) in [6, 6.07) is 0. The van der Waals surface area contributed by atoms with E-state index in [0.29, 0.717) is 12.3 Å². The lowest BCUT2D eigenvalue weighted by Gasteiger charge is -2.27. The lowest BCUT2D eigenvalue weighted by molar-refractivity contribution is -0.0347. The molecule has 3 heteroatoms. The second kappa shape index (κ2) is 3.91. The zero-order valence-electron chi connectivity index (χ0n) is 6.34. The third kappa shape index (κ3) is 2.25. The van der Waals surface area contributed by atoms with E-state index in [0.717, 1.165) is 13.2 Å². The molecule has 60 valence electrons. The molecule has 1 rings (SSSR count). The Kier molecular flexibility index (Phi) is 3.12. The van der Waals surface area contributed by atoms with Gasteiger partial charge in [-0.15, -0.1) is 0 Å². The molecule has 0 amide bonds. The summed E-state index contributed by atoms with van der Waals surface area (Å²) in [7, 11) is 0. The topological polar surface area (TPSA) is 41.5 Å². The number of rotatable bonds is 2. The Bertz CT molecular complexity index is 89.6. The molecule has 0 aromatic rings. The van der Waals surface area contributed by atoms with E-state index in [9.17, 15) is 0 Å². The Morgan fingerprint density at radius 2 is 2.50 bits per heavy atom. The van der Waals surface area contributed by atoms with Crippen molar-refractivity contribution in [2.75, 3.05) is 19.8 Å². The third-order valence-corrected chi connectivity index (χ3v) is 1.67. The molecule has 1 heterocycles. The first-order valence-electron chi connectivity index (χ1n) is 3.78. The van der Waals surface area contributed by atoms with E-state index in [1.807, 2.05) is 0 Å². The molecular formula is C7H15NO2. The van der Waals surface area contributed by atoms with Crippen molar-refractivity contribution >= 4 is 0 Å². The quantitative estimate of drug-likeness (QED) is 0.572. The molecule has 2 N–H and O–H groups in total. The second-order valence-electron chi connectivity index (χ2n) is 2.85. The first-order chi connectivity index (χ1) is 4.83. The normalized spacial score (nSPS) is 34.2. The molecule has 2 atom stereocenters. The zero-order valence-corrected chi connectivity index (χ0v) is 6.34. The minimum atomic E-state index is 0.0844. The smallest absolute Gasteiger partial charge is 0.110 e. The first kappa shape index (κ1) is 7.98. The maximum atomic E-state index is 8.56. The van der Waals surface area contributed by atoms with Crippen LogP contribution in [-0.4, -0.2) is 31.1 Å². The highest BCUT2D eigenvalue weighted by Crippen LogP contribution is 2.05. The molecule has 0 aromatic carbocycles. The lowest BCUT2D eigenvalue weighted by atomic mass is 10.1. The number of ether oxygens (including phenoxy) is 1. The molecule has 0 aromatic heterocycles. The maximum Gasteiger partial charge on any atom is 0.110 e. The highest BCUT2D eigenvalue weighted by atomic mass is 16.5. The molecular weight excluding hydrogens is 130 g/mol. The van der Waals surface area contributed by atoms with Crippen LogP contribution in [0.1, 0.15) is 13.3 Å². The summed E-state index contributed by atoms with van der Waals surface area (Å²) >= 11 is 0. The van der Waals surface area contributed by atoms with Gasteiger partial charge in [0.15, 0.2) is 0 Å². The van der Waals surface area contributed by atoms with Crippen LogP contribution in [0.3, 0.4) is 0 Å². The van der Waals surface area contributed by atoms with Gasteiger partial charge in [0.1, 0.15) is 6.23 Å². The van der Waals surface area contributed by atoms with E-state index in [1.165, 1.54) is 0 Å². The number of hydrogen-bond acceptors (Lipinski definition) is 3. The molecule has 0 bridgehead atoms. The van der Waals surface area contributed by atoms with Gasteiger partial charge >= 0.3 is 0 Å². The van der Waals surface area contributed by atoms with Crippen molar-refractivity contribution in [3.8, 4) is 0 Å². The van der Waals surface area contributed by atoms with Crippen molar-refractivity contribution in [2.45, 2.75) is 19.6 Å². The lowest BCUT2D eigenvalue weighted by Crippen LogP contribution is -2.42. The molecule has 3 nitrogen and oxygen atoms in total. The van der Waals surface area contributed by atoms with Gasteiger partial charge in [0.25, 0.3) is 0 Å². The molecule has 1 fully saturated rings. The van der Waals surface area contributed by atoms with Gasteiger partial charge in [0, 0.05) is 19.6 Å². The van der Waals surface area contributed by atoms with Gasteiger partial charge in [-0.05, 0) is 5.92 Å². The number of hydrogen-bond donors (Lipinski definition) is 2. The fraction of sp³-hybridized carbons (Fsp3) is 1.00. The van der Waals surface area contributed by atoms with Gasteiger partial charge in [-0.3, -0.25) is 5.32 Å². The minimum Gasteiger partial charge on any atom is -0.396 e. The van der Waals surface area contributed by atoms with Gasteiger partial charge in [-0.25, -0.2) is 0 Å². The van der Waals surface area contributed by atoms with E-state index >= 15 is 0 Å². The summed E-state index contributed by atoms with van der Waals surface area (Å²) in [5, 5.41) is 11.8. The average molecular weight is 145 g/mol. The van der Waals surface area contributed by atoms with Gasteiger partial charge < -0.3 is 9.84 Å². The second-order valence-corrected chi connectivity index (χ2v) is 2.85. The highest BCUT2D eigenvalue weighted by Gasteiger charge is 2.16. The number of aliphatic hydroxyl groups is 1. The Balaban J connectivity index is 2.13. The van der Waals surface area contributed by atoms with Crippen molar-refractivity contribution in [1.29, 1.82) is 0 Å². The Labute approximate surface area is 61.4 Å². The summed E-state index contributed by atoms with van der Waals surface area (Å²) in [5.41, 5.74) is 0. The fourth-order valence-electron chi connectivity index (χ4n) is 1.03. The monoisotopic (exact) mass is 145 g/mol. The molecule has 0 aliphatic carbocycles. The van der Waals surface area contributed by atoms with Crippen LogP contribution in [0.25, 0.3) is 0 Å². The van der Waals surface area contributed by atoms with Crippen LogP contribution in [0, 0.1) is 5.92 Å². The highest BCUT2D eigenvalue weighted by molar-refractivity contribution is 4.66. The summed E-state index contributed by atoms with van der Waals surface area (Å²) in [4.78, 5) is 0. The Morgan fingerprint density at radius 1 is 1.70 bits per heavy atom. The molecule has 0 spiro atoms. The molecule has 2 unspecified atom stereocenters. The molecule has 10 heavy (non-hydrogen) atoms. The third-order valence-electron chi connectivity index (χ3n) is 1.67. The molecule has 0 radical (unpaired) electrons. The Morgan fingerprint density at radius 3 is 3.00 bits per heavy atom. The van der Waals surface area contributed by atoms with Crippen LogP contribution in [0.2, 0.25) is 0 Å². The number of nitrogens with one attached hydrogen (secondary N) is 1. The summed E-state index contributed by atoms with van der Waals surface area (Å²) < 4.78 is 5.36. The van der Waals surface area contributed by atoms with E-state index < -0.39 is 0 Å². The van der Waals surface area contributed by atoms with Gasteiger partial charge in [0.05, 0.1) is 6.61 Å². The zero-order chi connectivity index (χ0) is 7.40. The molecule has 1 aliphatic rings. The molecule has 1 saturated heterocycles. The van der Waals surface area contributed by atoms with Crippen LogP contribution < -0.4 is 5.32 Å². The van der Waals surface area contributed by atoms with E-state index in [1.54, 1.807) is 0 Å². The van der Waals surface area contributed by atoms with Crippen LogP contribution in [0.4, 0.5) is 0 Å². The Hall–Kier alpha value is -0.120. The van der Waals surface area contributed by atoms with Crippen LogP contribution in [0.5, 0.6) is 0 Å². The predicted octanol–water partition coefficient (Wildman–Crippen LogP) is -0.0492. The SMILES string of the molecule is CC1CNC(CCO)OC1. The van der Waals surface area contributed by atoms with E-state index in [4.69, 9.17) is 9.84 Å². The van der Waals surface area contributed by atoms with Gasteiger partial charge in [0.2, 0.25) is 0 Å². The van der Waals surface area contributed by atoms with Crippen molar-refractivity contribution in [3.63, 3.8) is 0 Å². The number of aliphatic hydroxyl groups excluding tert-OH is 1. The fourth-order valence-corrected chi connectivity index (χ4v) is 1.03. The molecule has 1 aliphatic heterocycles. The summed E-state index contributed by atoms with van der Waals surface area (Å²) in [6.45, 7) is 4.16. The largest absolute Gasteiger partial charge is 0.396 e. The van der Waals surface area contributed by atoms with Gasteiger partial charge in [-0.1, -0.05) is 6.92 Å². The predicted molar refractivity (Wildman–Crippen MR) is 38.6 cm³/mol. The van der Waals surface area contributed by atoms with E-state index in [-0.39, 0.29) is 12.8 Å². The van der Waals surface area contributed by atoms with Crippen molar-refractivity contribution in [3.05, 3.63) is 0 Å². The summed E-state index contributed by atoms with van der Waals surface area (Å²) in [6.07, 6.45) is 0.786. The van der Waals surface area contributed by atoms with Gasteiger partial charge in [-0.2, -0.15) is 0 Å². The minimum absolute atomic E-state index is 0.0844. The van der Waals surface area contributed by atoms with E-state index in [2.05, 4.69) is 12.2 Å². The van der Waals surface area contributed by atoms with Crippen molar-refractivity contribution in [1.82, 2.24) is 5.32 Å².